The van der Waals surface area contributed by atoms with Gasteiger partial charge in [-0.25, -0.2) is 0 Å². The van der Waals surface area contributed by atoms with Crippen LogP contribution < -0.4 is 4.46 Å². The first-order valence-corrected chi connectivity index (χ1v) is 9.81. The predicted molar refractivity (Wildman–Crippen MR) is 92.8 cm³/mol. The Morgan fingerprint density at radius 3 is 2.27 bits per heavy atom. The zero-order chi connectivity index (χ0) is 15.3. The summed E-state index contributed by atoms with van der Waals surface area (Å²) in [5.41, 5.74) is 1.30. The van der Waals surface area contributed by atoms with Crippen molar-refractivity contribution >= 4 is 25.2 Å². The van der Waals surface area contributed by atoms with Crippen LogP contribution in [0, 0.1) is 0 Å². The summed E-state index contributed by atoms with van der Waals surface area (Å²) in [6.07, 6.45) is 6.18. The van der Waals surface area contributed by atoms with Gasteiger partial charge in [0.25, 0.3) is 0 Å². The molecule has 2 aromatic rings. The molecule has 0 radical (unpaired) electrons. The predicted octanol–water partition coefficient (Wildman–Crippen LogP) is 3.95. The Morgan fingerprint density at radius 2 is 1.55 bits per heavy atom. The molecule has 1 nitrogen and oxygen atoms in total. The van der Waals surface area contributed by atoms with E-state index in [1.54, 1.807) is 0 Å². The summed E-state index contributed by atoms with van der Waals surface area (Å²) < 4.78 is 1.20. The third-order valence-electron chi connectivity index (χ3n) is 4.38. The zero-order valence-electron chi connectivity index (χ0n) is 12.8. The molecule has 1 saturated carbocycles. The standard InChI is InChI=1S/C20H22OSe/c21-19-14-8-3-9-15-20(19,16-17-10-4-1-5-11-17)22-18-12-6-2-7-13-18/h1-2,4-7,10-13H,3,8-9,14-16H2. The SMILES string of the molecule is O=C1CCCCCC1(Cc1ccccc1)[Se]c1ccccc1. The number of hydrogen-bond donors (Lipinski definition) is 0. The maximum absolute atomic E-state index is 13.0. The van der Waals surface area contributed by atoms with E-state index in [0.717, 1.165) is 25.7 Å². The number of carbonyl (C=O) groups is 1. The Labute approximate surface area is 139 Å². The molecule has 0 heterocycles. The van der Waals surface area contributed by atoms with Gasteiger partial charge in [-0.1, -0.05) is 0 Å². The van der Waals surface area contributed by atoms with E-state index >= 15 is 0 Å². The molecule has 0 aliphatic heterocycles. The summed E-state index contributed by atoms with van der Waals surface area (Å²) in [4.78, 5) is 13.0. The average molecular weight is 357 g/mol. The van der Waals surface area contributed by atoms with Crippen LogP contribution in [0.5, 0.6) is 0 Å². The molecule has 1 aliphatic carbocycles. The zero-order valence-corrected chi connectivity index (χ0v) is 14.5. The van der Waals surface area contributed by atoms with E-state index in [9.17, 15) is 4.79 Å². The van der Waals surface area contributed by atoms with Gasteiger partial charge in [-0.15, -0.1) is 0 Å². The van der Waals surface area contributed by atoms with Gasteiger partial charge in [0.05, 0.1) is 0 Å². The summed E-state index contributed by atoms with van der Waals surface area (Å²) in [5.74, 6) is 0.498. The van der Waals surface area contributed by atoms with Crippen LogP contribution in [-0.2, 0) is 11.2 Å². The number of Topliss-reactive ketones (excluding diaryl/α,β-unsaturated/α-hetero) is 1. The normalized spacial score (nSPS) is 22.3. The van der Waals surface area contributed by atoms with E-state index in [2.05, 4.69) is 54.6 Å². The third-order valence-corrected chi connectivity index (χ3v) is 7.48. The molecule has 1 atom stereocenters. The summed E-state index contributed by atoms with van der Waals surface area (Å²) in [7, 11) is 0. The molecule has 2 aromatic carbocycles. The second kappa shape index (κ2) is 7.26. The van der Waals surface area contributed by atoms with Crippen molar-refractivity contribution in [2.45, 2.75) is 42.8 Å². The molecule has 114 valence electrons. The van der Waals surface area contributed by atoms with Crippen molar-refractivity contribution in [1.82, 2.24) is 0 Å². The van der Waals surface area contributed by atoms with Crippen molar-refractivity contribution < 1.29 is 4.79 Å². The molecule has 1 unspecified atom stereocenters. The molecule has 3 rings (SSSR count). The van der Waals surface area contributed by atoms with Gasteiger partial charge in [0.2, 0.25) is 0 Å². The van der Waals surface area contributed by atoms with Crippen molar-refractivity contribution in [2.24, 2.45) is 0 Å². The molecular formula is C20H22OSe. The molecule has 0 saturated heterocycles. The second-order valence-corrected chi connectivity index (χ2v) is 9.11. The Balaban J connectivity index is 1.91. The van der Waals surface area contributed by atoms with E-state index < -0.39 is 0 Å². The van der Waals surface area contributed by atoms with Crippen LogP contribution in [0.4, 0.5) is 0 Å². The first-order valence-electron chi connectivity index (χ1n) is 8.10. The van der Waals surface area contributed by atoms with Gasteiger partial charge >= 0.3 is 139 Å². The van der Waals surface area contributed by atoms with E-state index in [0.29, 0.717) is 5.78 Å². The third kappa shape index (κ3) is 3.69. The molecule has 0 N–H and O–H groups in total. The minimum absolute atomic E-state index is 0.147. The summed E-state index contributed by atoms with van der Waals surface area (Å²) in [5, 5.41) is 0. The van der Waals surface area contributed by atoms with Crippen molar-refractivity contribution in [1.29, 1.82) is 0 Å². The van der Waals surface area contributed by atoms with Gasteiger partial charge in [0.1, 0.15) is 0 Å². The number of carbonyl (C=O) groups excluding carboxylic acids is 1. The van der Waals surface area contributed by atoms with Crippen LogP contribution >= 0.6 is 0 Å². The van der Waals surface area contributed by atoms with Gasteiger partial charge in [-0.05, 0) is 0 Å². The van der Waals surface area contributed by atoms with Crippen molar-refractivity contribution in [3.05, 3.63) is 66.2 Å². The fourth-order valence-electron chi connectivity index (χ4n) is 3.21. The minimum atomic E-state index is -0.147. The van der Waals surface area contributed by atoms with Gasteiger partial charge in [0.15, 0.2) is 0 Å². The van der Waals surface area contributed by atoms with E-state index in [1.807, 2.05) is 6.07 Å². The van der Waals surface area contributed by atoms with Crippen LogP contribution in [0.25, 0.3) is 0 Å². The second-order valence-electron chi connectivity index (χ2n) is 6.06. The van der Waals surface area contributed by atoms with Crippen LogP contribution in [0.15, 0.2) is 60.7 Å². The number of benzene rings is 2. The monoisotopic (exact) mass is 358 g/mol. The Bertz CT molecular complexity index is 565. The summed E-state index contributed by atoms with van der Waals surface area (Å²) in [6, 6.07) is 21.2. The van der Waals surface area contributed by atoms with Gasteiger partial charge < -0.3 is 0 Å². The Hall–Kier alpha value is -1.37. The number of rotatable bonds is 4. The van der Waals surface area contributed by atoms with E-state index in [1.165, 1.54) is 22.9 Å². The van der Waals surface area contributed by atoms with E-state index in [4.69, 9.17) is 0 Å². The first kappa shape index (κ1) is 15.5. The topological polar surface area (TPSA) is 17.1 Å². The van der Waals surface area contributed by atoms with Crippen molar-refractivity contribution in [2.75, 3.05) is 0 Å². The quantitative estimate of drug-likeness (QED) is 0.598. The Kier molecular flexibility index (Phi) is 5.12. The molecule has 1 aliphatic rings. The molecule has 0 amide bonds. The fraction of sp³-hybridized carbons (Fsp3) is 0.350. The van der Waals surface area contributed by atoms with Gasteiger partial charge in [0, 0.05) is 0 Å². The van der Waals surface area contributed by atoms with E-state index in [-0.39, 0.29) is 19.3 Å². The molecule has 22 heavy (non-hydrogen) atoms. The number of hydrogen-bond acceptors (Lipinski definition) is 1. The van der Waals surface area contributed by atoms with Crippen molar-refractivity contribution in [3.8, 4) is 0 Å². The molecule has 0 spiro atoms. The summed E-state index contributed by atoms with van der Waals surface area (Å²) >= 11 is 0.200. The molecular weight excluding hydrogens is 335 g/mol. The molecule has 2 heteroatoms. The van der Waals surface area contributed by atoms with Crippen LogP contribution in [-0.4, -0.2) is 20.7 Å². The van der Waals surface area contributed by atoms with Crippen molar-refractivity contribution in [3.63, 3.8) is 0 Å². The van der Waals surface area contributed by atoms with Crippen LogP contribution in [0.1, 0.15) is 37.7 Å². The summed E-state index contributed by atoms with van der Waals surface area (Å²) in [6.45, 7) is 0. The fourth-order valence-corrected chi connectivity index (χ4v) is 6.24. The van der Waals surface area contributed by atoms with Crippen LogP contribution in [0.2, 0.25) is 4.31 Å². The molecule has 0 bridgehead atoms. The molecule has 1 fully saturated rings. The van der Waals surface area contributed by atoms with Crippen LogP contribution in [0.3, 0.4) is 0 Å². The first-order chi connectivity index (χ1) is 10.8. The maximum atomic E-state index is 13.0. The van der Waals surface area contributed by atoms with Gasteiger partial charge in [-0.3, -0.25) is 0 Å². The average Bonchev–Trinajstić information content (AvgIpc) is 2.72. The molecule has 0 aromatic heterocycles. The van der Waals surface area contributed by atoms with Gasteiger partial charge in [-0.2, -0.15) is 0 Å². The number of ketones is 1. The Morgan fingerprint density at radius 1 is 0.864 bits per heavy atom.